The minimum atomic E-state index is -1.67. The molecule has 0 aliphatic carbocycles. The molecule has 7 heteroatoms. The molecule has 0 aromatic heterocycles. The van der Waals surface area contributed by atoms with Crippen molar-refractivity contribution in [3.05, 3.63) is 69.0 Å². The fourth-order valence-corrected chi connectivity index (χ4v) is 2.28. The summed E-state index contributed by atoms with van der Waals surface area (Å²) in [6.07, 6.45) is -0.404. The number of hydrogen-bond donors (Lipinski definition) is 1. The first kappa shape index (κ1) is 15.9. The highest BCUT2D eigenvalue weighted by atomic mass is 79.9. The molecule has 0 bridgehead atoms. The van der Waals surface area contributed by atoms with Crippen LogP contribution in [0.15, 0.2) is 28.7 Å². The van der Waals surface area contributed by atoms with Crippen LogP contribution in [0, 0.1) is 29.1 Å². The van der Waals surface area contributed by atoms with Crippen molar-refractivity contribution >= 4 is 15.9 Å². The third kappa shape index (κ3) is 3.08. The lowest BCUT2D eigenvalue weighted by Gasteiger charge is -2.15. The molecule has 1 atom stereocenters. The van der Waals surface area contributed by atoms with Gasteiger partial charge in [-0.05, 0) is 40.5 Å². The Labute approximate surface area is 125 Å². The van der Waals surface area contributed by atoms with Gasteiger partial charge < -0.3 is 5.73 Å². The number of benzene rings is 2. The lowest BCUT2D eigenvalue weighted by molar-refractivity contribution is 0.433. The Hall–Kier alpha value is -1.47. The molecule has 0 saturated heterocycles. The average Bonchev–Trinajstić information content (AvgIpc) is 2.45. The molecule has 2 aromatic rings. The van der Waals surface area contributed by atoms with Gasteiger partial charge in [0.15, 0.2) is 17.5 Å². The van der Waals surface area contributed by atoms with Gasteiger partial charge in [-0.3, -0.25) is 0 Å². The van der Waals surface area contributed by atoms with Crippen LogP contribution in [-0.2, 0) is 6.42 Å². The molecule has 2 rings (SSSR count). The molecule has 0 aliphatic rings. The van der Waals surface area contributed by atoms with Crippen LogP contribution in [0.2, 0.25) is 0 Å². The summed E-state index contributed by atoms with van der Waals surface area (Å²) in [4.78, 5) is 0. The van der Waals surface area contributed by atoms with E-state index in [9.17, 15) is 22.0 Å². The molecule has 0 spiro atoms. The van der Waals surface area contributed by atoms with E-state index in [0.29, 0.717) is 6.07 Å². The Morgan fingerprint density at radius 2 is 1.48 bits per heavy atom. The van der Waals surface area contributed by atoms with E-state index in [-0.39, 0.29) is 15.6 Å². The van der Waals surface area contributed by atoms with Gasteiger partial charge in [-0.1, -0.05) is 6.07 Å². The second-order valence-corrected chi connectivity index (χ2v) is 5.25. The maximum absolute atomic E-state index is 13.8. The molecule has 1 nitrogen and oxygen atoms in total. The molecular formula is C14H9BrF5N. The highest BCUT2D eigenvalue weighted by molar-refractivity contribution is 9.10. The van der Waals surface area contributed by atoms with Gasteiger partial charge in [-0.15, -0.1) is 0 Å². The molecule has 0 fully saturated rings. The summed E-state index contributed by atoms with van der Waals surface area (Å²) in [5, 5.41) is 0. The van der Waals surface area contributed by atoms with Gasteiger partial charge >= 0.3 is 0 Å². The molecule has 0 heterocycles. The van der Waals surface area contributed by atoms with Gasteiger partial charge in [0.05, 0.1) is 4.47 Å². The second kappa shape index (κ2) is 6.11. The minimum absolute atomic E-state index is 0.0249. The van der Waals surface area contributed by atoms with Crippen LogP contribution in [0.5, 0.6) is 0 Å². The number of halogens is 6. The van der Waals surface area contributed by atoms with E-state index in [1.54, 1.807) is 0 Å². The van der Waals surface area contributed by atoms with Crippen molar-refractivity contribution < 1.29 is 22.0 Å². The van der Waals surface area contributed by atoms with E-state index < -0.39 is 41.5 Å². The lowest BCUT2D eigenvalue weighted by Crippen LogP contribution is -2.18. The highest BCUT2D eigenvalue weighted by Crippen LogP contribution is 2.27. The molecular weight excluding hydrogens is 357 g/mol. The lowest BCUT2D eigenvalue weighted by atomic mass is 9.98. The number of hydrogen-bond acceptors (Lipinski definition) is 1. The first-order chi connectivity index (χ1) is 9.82. The minimum Gasteiger partial charge on any atom is -0.324 e. The molecule has 2 aromatic carbocycles. The standard InChI is InChI=1S/C14H9BrF5N/c15-8-2-4-9(16)7(12(8)18)5-11(21)6-1-3-10(17)14(20)13(6)19/h1-4,11H,5,21H2. The Morgan fingerprint density at radius 3 is 2.14 bits per heavy atom. The van der Waals surface area contributed by atoms with E-state index in [1.165, 1.54) is 6.07 Å². The summed E-state index contributed by atoms with van der Waals surface area (Å²) in [6, 6.07) is 2.64. The zero-order valence-corrected chi connectivity index (χ0v) is 12.0. The largest absolute Gasteiger partial charge is 0.324 e. The van der Waals surface area contributed by atoms with E-state index in [1.807, 2.05) is 0 Å². The van der Waals surface area contributed by atoms with Crippen molar-refractivity contribution in [2.75, 3.05) is 0 Å². The quantitative estimate of drug-likeness (QED) is 0.487. The summed E-state index contributed by atoms with van der Waals surface area (Å²) >= 11 is 2.90. The molecule has 112 valence electrons. The Morgan fingerprint density at radius 1 is 0.857 bits per heavy atom. The van der Waals surface area contributed by atoms with E-state index >= 15 is 0 Å². The van der Waals surface area contributed by atoms with Crippen molar-refractivity contribution in [2.24, 2.45) is 5.73 Å². The molecule has 1 unspecified atom stereocenters. The maximum Gasteiger partial charge on any atom is 0.194 e. The van der Waals surface area contributed by atoms with Crippen molar-refractivity contribution in [1.82, 2.24) is 0 Å². The van der Waals surface area contributed by atoms with E-state index in [0.717, 1.165) is 12.1 Å². The smallest absolute Gasteiger partial charge is 0.194 e. The Kier molecular flexibility index (Phi) is 4.63. The normalized spacial score (nSPS) is 12.5. The molecule has 2 N–H and O–H groups in total. The van der Waals surface area contributed by atoms with Crippen LogP contribution in [-0.4, -0.2) is 0 Å². The van der Waals surface area contributed by atoms with Crippen LogP contribution in [0.4, 0.5) is 22.0 Å². The van der Waals surface area contributed by atoms with E-state index in [2.05, 4.69) is 15.9 Å². The summed E-state index contributed by atoms with van der Waals surface area (Å²) in [5.74, 6) is -6.21. The molecule has 21 heavy (non-hydrogen) atoms. The fraction of sp³-hybridized carbons (Fsp3) is 0.143. The third-order valence-electron chi connectivity index (χ3n) is 3.03. The second-order valence-electron chi connectivity index (χ2n) is 4.40. The molecule has 0 radical (unpaired) electrons. The molecule has 0 saturated carbocycles. The topological polar surface area (TPSA) is 26.0 Å². The molecule has 0 aliphatic heterocycles. The Bertz CT molecular complexity index is 690. The predicted molar refractivity (Wildman–Crippen MR) is 71.0 cm³/mol. The maximum atomic E-state index is 13.8. The molecule has 0 amide bonds. The van der Waals surface area contributed by atoms with Gasteiger partial charge in [0, 0.05) is 17.2 Å². The highest BCUT2D eigenvalue weighted by Gasteiger charge is 2.21. The van der Waals surface area contributed by atoms with Crippen LogP contribution in [0.3, 0.4) is 0 Å². The summed E-state index contributed by atoms with van der Waals surface area (Å²) in [5.41, 5.74) is 4.94. The summed E-state index contributed by atoms with van der Waals surface area (Å²) in [7, 11) is 0. The monoisotopic (exact) mass is 365 g/mol. The number of nitrogens with two attached hydrogens (primary N) is 1. The first-order valence-corrected chi connectivity index (χ1v) is 6.63. The van der Waals surface area contributed by atoms with Crippen LogP contribution >= 0.6 is 15.9 Å². The van der Waals surface area contributed by atoms with Crippen LogP contribution < -0.4 is 5.73 Å². The van der Waals surface area contributed by atoms with Crippen LogP contribution in [0.25, 0.3) is 0 Å². The van der Waals surface area contributed by atoms with Gasteiger partial charge in [0.2, 0.25) is 0 Å². The number of rotatable bonds is 3. The van der Waals surface area contributed by atoms with Gasteiger partial charge in [-0.2, -0.15) is 0 Å². The van der Waals surface area contributed by atoms with Gasteiger partial charge in [0.1, 0.15) is 11.6 Å². The first-order valence-electron chi connectivity index (χ1n) is 5.84. The average molecular weight is 366 g/mol. The predicted octanol–water partition coefficient (Wildman–Crippen LogP) is 4.39. The summed E-state index contributed by atoms with van der Waals surface area (Å²) < 4.78 is 67.0. The zero-order valence-electron chi connectivity index (χ0n) is 10.4. The van der Waals surface area contributed by atoms with Crippen molar-refractivity contribution in [2.45, 2.75) is 12.5 Å². The van der Waals surface area contributed by atoms with Gasteiger partial charge in [-0.25, -0.2) is 22.0 Å². The third-order valence-corrected chi connectivity index (χ3v) is 3.64. The SMILES string of the molecule is NC(Cc1c(F)ccc(Br)c1F)c1ccc(F)c(F)c1F. The Balaban J connectivity index is 2.37. The van der Waals surface area contributed by atoms with Crippen molar-refractivity contribution in [3.63, 3.8) is 0 Å². The van der Waals surface area contributed by atoms with Crippen molar-refractivity contribution in [3.8, 4) is 0 Å². The fourth-order valence-electron chi connectivity index (χ4n) is 1.91. The summed E-state index contributed by atoms with van der Waals surface area (Å²) in [6.45, 7) is 0. The van der Waals surface area contributed by atoms with Gasteiger partial charge in [0.25, 0.3) is 0 Å². The van der Waals surface area contributed by atoms with E-state index in [4.69, 9.17) is 5.73 Å². The van der Waals surface area contributed by atoms with Crippen molar-refractivity contribution in [1.29, 1.82) is 0 Å². The van der Waals surface area contributed by atoms with Crippen LogP contribution in [0.1, 0.15) is 17.2 Å². The zero-order chi connectivity index (χ0) is 15.7.